The van der Waals surface area contributed by atoms with Crippen LogP contribution in [0.1, 0.15) is 61.7 Å². The van der Waals surface area contributed by atoms with Gasteiger partial charge < -0.3 is 9.42 Å². The van der Waals surface area contributed by atoms with E-state index in [9.17, 15) is 9.18 Å². The number of hydrogen-bond donors (Lipinski definition) is 0. The summed E-state index contributed by atoms with van der Waals surface area (Å²) in [5, 5.41) is 4.06. The second-order valence-electron chi connectivity index (χ2n) is 8.90. The van der Waals surface area contributed by atoms with Gasteiger partial charge in [0, 0.05) is 48.3 Å². The Labute approximate surface area is 199 Å². The molecule has 1 aliphatic rings. The number of rotatable bonds is 12. The number of halogens is 1. The van der Waals surface area contributed by atoms with Gasteiger partial charge >= 0.3 is 0 Å². The quantitative estimate of drug-likeness (QED) is 0.245. The molecule has 0 bridgehead atoms. The summed E-state index contributed by atoms with van der Waals surface area (Å²) in [6, 6.07) is 11.7. The van der Waals surface area contributed by atoms with Crippen molar-refractivity contribution in [3.63, 3.8) is 0 Å². The number of aryl methyl sites for hydroxylation is 2. The van der Waals surface area contributed by atoms with Crippen LogP contribution >= 0.6 is 0 Å². The van der Waals surface area contributed by atoms with Crippen molar-refractivity contribution >= 4 is 11.6 Å². The molecule has 0 N–H and O–H groups in total. The van der Waals surface area contributed by atoms with E-state index in [1.54, 1.807) is 4.90 Å². The fourth-order valence-corrected chi connectivity index (χ4v) is 3.83. The van der Waals surface area contributed by atoms with Crippen molar-refractivity contribution in [2.24, 2.45) is 0 Å². The zero-order valence-electron chi connectivity index (χ0n) is 19.7. The molecular formula is C27H31FN4O2. The zero-order chi connectivity index (χ0) is 23.9. The number of unbranched alkanes of at least 4 members (excludes halogenated alkanes) is 2. The van der Waals surface area contributed by atoms with Crippen LogP contribution in [0.25, 0.3) is 11.3 Å². The lowest BCUT2D eigenvalue weighted by Crippen LogP contribution is -2.33. The van der Waals surface area contributed by atoms with Gasteiger partial charge in [0.2, 0.25) is 5.89 Å². The summed E-state index contributed by atoms with van der Waals surface area (Å²) in [5.74, 6) is 1.77. The first-order valence-electron chi connectivity index (χ1n) is 12.0. The molecule has 2 aromatic heterocycles. The molecule has 0 radical (unpaired) electrons. The Kier molecular flexibility index (Phi) is 7.83. The van der Waals surface area contributed by atoms with Gasteiger partial charge in [0.1, 0.15) is 0 Å². The second kappa shape index (κ2) is 11.2. The third-order valence-electron chi connectivity index (χ3n) is 6.01. The summed E-state index contributed by atoms with van der Waals surface area (Å²) in [5.41, 5.74) is 3.89. The molecule has 1 aromatic carbocycles. The molecule has 1 amide bonds. The molecule has 0 atom stereocenters. The first kappa shape index (κ1) is 23.8. The molecule has 4 rings (SSSR count). The smallest absolute Gasteiger partial charge is 0.253 e. The Balaban J connectivity index is 1.40. The minimum atomic E-state index is -0.598. The molecule has 1 aliphatic carbocycles. The molecular weight excluding hydrogens is 431 g/mol. The number of amides is 1. The van der Waals surface area contributed by atoms with Gasteiger partial charge in [-0.15, -0.1) is 0 Å². The van der Waals surface area contributed by atoms with Crippen LogP contribution in [0, 0.1) is 6.92 Å². The SMILES string of the molecule is C=C(CCF)C(=O)N(CCCCCc1nc(C2CC2)no1)c1cccc(-c2ccc(C)cn2)c1. The first-order chi connectivity index (χ1) is 16.5. The summed E-state index contributed by atoms with van der Waals surface area (Å²) in [6.45, 7) is 5.73. The Bertz CT molecular complexity index is 1120. The van der Waals surface area contributed by atoms with E-state index >= 15 is 0 Å². The van der Waals surface area contributed by atoms with Gasteiger partial charge in [0.25, 0.3) is 5.91 Å². The van der Waals surface area contributed by atoms with Gasteiger partial charge in [-0.25, -0.2) is 0 Å². The Morgan fingerprint density at radius 3 is 2.79 bits per heavy atom. The average molecular weight is 463 g/mol. The number of nitrogens with zero attached hydrogens (tertiary/aromatic N) is 4. The molecule has 0 spiro atoms. The van der Waals surface area contributed by atoms with E-state index in [4.69, 9.17) is 4.52 Å². The molecule has 1 saturated carbocycles. The van der Waals surface area contributed by atoms with Crippen LogP contribution in [-0.2, 0) is 11.2 Å². The maximum absolute atomic E-state index is 13.1. The number of alkyl halides is 1. The fourth-order valence-electron chi connectivity index (χ4n) is 3.83. The molecule has 1 fully saturated rings. The number of aromatic nitrogens is 3. The number of carbonyl (C=O) groups is 1. The van der Waals surface area contributed by atoms with Crippen molar-refractivity contribution in [1.29, 1.82) is 0 Å². The third kappa shape index (κ3) is 6.16. The summed E-state index contributed by atoms with van der Waals surface area (Å²) in [7, 11) is 0. The van der Waals surface area contributed by atoms with Crippen molar-refractivity contribution in [3.05, 3.63) is 72.0 Å². The van der Waals surface area contributed by atoms with E-state index in [1.807, 2.05) is 49.5 Å². The van der Waals surface area contributed by atoms with Crippen LogP contribution in [0.5, 0.6) is 0 Å². The largest absolute Gasteiger partial charge is 0.339 e. The number of benzene rings is 1. The normalized spacial score (nSPS) is 13.1. The van der Waals surface area contributed by atoms with Crippen LogP contribution in [0.15, 0.2) is 59.3 Å². The summed E-state index contributed by atoms with van der Waals surface area (Å²) in [4.78, 5) is 23.8. The predicted molar refractivity (Wildman–Crippen MR) is 130 cm³/mol. The van der Waals surface area contributed by atoms with E-state index < -0.39 is 6.67 Å². The molecule has 0 saturated heterocycles. The van der Waals surface area contributed by atoms with Crippen LogP contribution in [0.3, 0.4) is 0 Å². The van der Waals surface area contributed by atoms with Gasteiger partial charge in [0.05, 0.1) is 12.4 Å². The van der Waals surface area contributed by atoms with Crippen LogP contribution in [-0.4, -0.2) is 34.3 Å². The van der Waals surface area contributed by atoms with Crippen molar-refractivity contribution in [1.82, 2.24) is 15.1 Å². The summed E-state index contributed by atoms with van der Waals surface area (Å²) < 4.78 is 18.2. The van der Waals surface area contributed by atoms with Gasteiger partial charge in [-0.2, -0.15) is 4.98 Å². The van der Waals surface area contributed by atoms with Crippen molar-refractivity contribution in [2.45, 2.75) is 57.8 Å². The average Bonchev–Trinajstić information content (AvgIpc) is 3.59. The molecule has 7 heteroatoms. The summed E-state index contributed by atoms with van der Waals surface area (Å²) in [6.07, 6.45) is 7.49. The molecule has 2 heterocycles. The van der Waals surface area contributed by atoms with Gasteiger partial charge in [-0.1, -0.05) is 36.4 Å². The van der Waals surface area contributed by atoms with Crippen LogP contribution in [0.2, 0.25) is 0 Å². The highest BCUT2D eigenvalue weighted by atomic mass is 19.1. The van der Waals surface area contributed by atoms with E-state index in [1.165, 1.54) is 0 Å². The van der Waals surface area contributed by atoms with Gasteiger partial charge in [-0.3, -0.25) is 14.2 Å². The van der Waals surface area contributed by atoms with Crippen LogP contribution in [0.4, 0.5) is 10.1 Å². The molecule has 178 valence electrons. The van der Waals surface area contributed by atoms with E-state index in [-0.39, 0.29) is 17.9 Å². The Morgan fingerprint density at radius 2 is 2.06 bits per heavy atom. The lowest BCUT2D eigenvalue weighted by molar-refractivity contribution is -0.115. The van der Waals surface area contributed by atoms with Crippen molar-refractivity contribution < 1.29 is 13.7 Å². The minimum absolute atomic E-state index is 0.0367. The third-order valence-corrected chi connectivity index (χ3v) is 6.01. The molecule has 0 aliphatic heterocycles. The van der Waals surface area contributed by atoms with Gasteiger partial charge in [0.15, 0.2) is 5.82 Å². The predicted octanol–water partition coefficient (Wildman–Crippen LogP) is 5.98. The highest BCUT2D eigenvalue weighted by Gasteiger charge is 2.28. The van der Waals surface area contributed by atoms with E-state index in [0.29, 0.717) is 18.4 Å². The number of hydrogen-bond acceptors (Lipinski definition) is 5. The van der Waals surface area contributed by atoms with E-state index in [0.717, 1.165) is 66.9 Å². The Morgan fingerprint density at radius 1 is 1.21 bits per heavy atom. The number of anilines is 1. The highest BCUT2D eigenvalue weighted by Crippen LogP contribution is 2.38. The van der Waals surface area contributed by atoms with Gasteiger partial charge in [-0.05, 0) is 56.4 Å². The maximum atomic E-state index is 13.1. The molecule has 3 aromatic rings. The topological polar surface area (TPSA) is 72.1 Å². The molecule has 0 unspecified atom stereocenters. The number of pyridine rings is 1. The van der Waals surface area contributed by atoms with Crippen LogP contribution < -0.4 is 4.90 Å². The second-order valence-corrected chi connectivity index (χ2v) is 8.90. The minimum Gasteiger partial charge on any atom is -0.339 e. The monoisotopic (exact) mass is 462 g/mol. The van der Waals surface area contributed by atoms with Crippen molar-refractivity contribution in [3.8, 4) is 11.3 Å². The van der Waals surface area contributed by atoms with E-state index in [2.05, 4.69) is 21.7 Å². The molecule has 34 heavy (non-hydrogen) atoms. The standard InChI is InChI=1S/C27H31FN4O2/c1-19-10-13-24(29-18-19)22-7-6-8-23(17-22)32(27(33)20(2)14-15-28)16-5-3-4-9-25-30-26(31-34-25)21-11-12-21/h6-8,10,13,17-18,21H,2-5,9,11-12,14-16H2,1H3. The highest BCUT2D eigenvalue weighted by molar-refractivity contribution is 6.05. The zero-order valence-corrected chi connectivity index (χ0v) is 19.7. The Hall–Kier alpha value is -3.35. The van der Waals surface area contributed by atoms with Crippen molar-refractivity contribution in [2.75, 3.05) is 18.1 Å². The summed E-state index contributed by atoms with van der Waals surface area (Å²) >= 11 is 0. The maximum Gasteiger partial charge on any atom is 0.253 e. The lowest BCUT2D eigenvalue weighted by atomic mass is 10.1. The number of carbonyl (C=O) groups excluding carboxylic acids is 1. The first-order valence-corrected chi connectivity index (χ1v) is 12.0. The lowest BCUT2D eigenvalue weighted by Gasteiger charge is -2.24. The fraction of sp³-hybridized carbons (Fsp3) is 0.407. The molecule has 6 nitrogen and oxygen atoms in total.